The van der Waals surface area contributed by atoms with E-state index in [1.807, 2.05) is 44.2 Å². The number of halogens is 1. The van der Waals surface area contributed by atoms with Crippen LogP contribution in [0.5, 0.6) is 5.88 Å². The molecule has 1 aliphatic rings. The van der Waals surface area contributed by atoms with E-state index in [2.05, 4.69) is 20.9 Å². The number of thiazole rings is 1. The third-order valence-corrected chi connectivity index (χ3v) is 6.30. The molecule has 4 rings (SSSR count). The minimum absolute atomic E-state index is 0.0328. The molecule has 0 radical (unpaired) electrons. The molecule has 1 aliphatic heterocycles. The van der Waals surface area contributed by atoms with Gasteiger partial charge in [-0.1, -0.05) is 22.0 Å². The second-order valence-corrected chi connectivity index (χ2v) is 8.64. The highest BCUT2D eigenvalue weighted by Crippen LogP contribution is 2.35. The number of aromatic hydroxyl groups is 1. The monoisotopic (exact) mass is 444 g/mol. The van der Waals surface area contributed by atoms with Crippen molar-refractivity contribution in [2.75, 3.05) is 0 Å². The first-order valence-electron chi connectivity index (χ1n) is 7.82. The second-order valence-electron chi connectivity index (χ2n) is 6.08. The molecule has 0 unspecified atom stereocenters. The number of benzene rings is 2. The lowest BCUT2D eigenvalue weighted by molar-refractivity contribution is -0.112. The van der Waals surface area contributed by atoms with Crippen LogP contribution in [-0.4, -0.2) is 15.6 Å². The van der Waals surface area contributed by atoms with Crippen LogP contribution in [0.15, 0.2) is 45.9 Å². The first kappa shape index (κ1) is 17.3. The van der Waals surface area contributed by atoms with Crippen LogP contribution in [0.25, 0.3) is 11.3 Å². The van der Waals surface area contributed by atoms with Crippen LogP contribution in [-0.2, 0) is 4.79 Å². The number of fused-ring (bicyclic) bond motifs is 1. The topological polar surface area (TPSA) is 54.6 Å². The van der Waals surface area contributed by atoms with Crippen LogP contribution in [0.3, 0.4) is 0 Å². The maximum atomic E-state index is 12.5. The Bertz CT molecular complexity index is 1270. The van der Waals surface area contributed by atoms with Gasteiger partial charge in [0.25, 0.3) is 5.91 Å². The molecule has 0 saturated heterocycles. The van der Waals surface area contributed by atoms with E-state index in [4.69, 9.17) is 12.2 Å². The van der Waals surface area contributed by atoms with Crippen LogP contribution >= 0.6 is 39.5 Å². The summed E-state index contributed by atoms with van der Waals surface area (Å²) in [6, 6.07) is 11.3. The van der Waals surface area contributed by atoms with Crippen molar-refractivity contribution in [3.05, 3.63) is 71.4 Å². The lowest BCUT2D eigenvalue weighted by Gasteiger charge is -2.08. The molecule has 1 aromatic heterocycles. The van der Waals surface area contributed by atoms with Crippen molar-refractivity contribution in [1.29, 1.82) is 0 Å². The van der Waals surface area contributed by atoms with Crippen molar-refractivity contribution < 1.29 is 9.90 Å². The molecule has 0 fully saturated rings. The van der Waals surface area contributed by atoms with Crippen molar-refractivity contribution in [3.8, 4) is 11.6 Å². The predicted molar refractivity (Wildman–Crippen MR) is 108 cm³/mol. The summed E-state index contributed by atoms with van der Waals surface area (Å²) in [5.74, 6) is -0.397. The minimum atomic E-state index is -0.364. The summed E-state index contributed by atoms with van der Waals surface area (Å²) in [6.45, 7) is 4.04. The minimum Gasteiger partial charge on any atom is -0.493 e. The summed E-state index contributed by atoms with van der Waals surface area (Å²) < 4.78 is 2.91. The second kappa shape index (κ2) is 6.26. The fourth-order valence-electron chi connectivity index (χ4n) is 2.93. The van der Waals surface area contributed by atoms with Gasteiger partial charge in [0.2, 0.25) is 5.88 Å². The molecule has 2 aromatic carbocycles. The van der Waals surface area contributed by atoms with Gasteiger partial charge in [-0.2, -0.15) is 0 Å². The molecule has 0 bridgehead atoms. The molecule has 2 heterocycles. The van der Waals surface area contributed by atoms with Gasteiger partial charge in [-0.3, -0.25) is 9.36 Å². The summed E-state index contributed by atoms with van der Waals surface area (Å²) in [4.78, 5) is 17.0. The number of hydrogen-bond acceptors (Lipinski definition) is 4. The molecule has 0 atom stereocenters. The van der Waals surface area contributed by atoms with Gasteiger partial charge in [0.05, 0.1) is 16.6 Å². The van der Waals surface area contributed by atoms with Crippen molar-refractivity contribution in [2.45, 2.75) is 13.8 Å². The largest absolute Gasteiger partial charge is 0.493 e. The zero-order valence-electron chi connectivity index (χ0n) is 13.9. The Morgan fingerprint density at radius 2 is 1.92 bits per heavy atom. The number of carbonyl (C=O) groups is 1. The highest BCUT2D eigenvalue weighted by molar-refractivity contribution is 9.10. The van der Waals surface area contributed by atoms with Crippen molar-refractivity contribution in [3.63, 3.8) is 0 Å². The SMILES string of the molecule is Cc1ccc(-n2c(O)c(C3=c4cc(Br)ccc4=NC3=O)sc2=S)cc1C. The normalized spacial score (nSPS) is 13.0. The molecular formula is C19H13BrN2O2S2. The van der Waals surface area contributed by atoms with Gasteiger partial charge in [-0.15, -0.1) is 11.3 Å². The zero-order valence-corrected chi connectivity index (χ0v) is 17.1. The van der Waals surface area contributed by atoms with E-state index >= 15 is 0 Å². The number of carbonyl (C=O) groups excluding carboxylic acids is 1. The maximum Gasteiger partial charge on any atom is 0.279 e. The summed E-state index contributed by atoms with van der Waals surface area (Å²) >= 11 is 10.1. The van der Waals surface area contributed by atoms with E-state index in [1.54, 1.807) is 10.6 Å². The molecule has 0 saturated carbocycles. The Morgan fingerprint density at radius 1 is 1.15 bits per heavy atom. The Kier molecular flexibility index (Phi) is 4.17. The van der Waals surface area contributed by atoms with E-state index in [1.165, 1.54) is 11.3 Å². The predicted octanol–water partition coefficient (Wildman–Crippen LogP) is 3.71. The van der Waals surface area contributed by atoms with Crippen LogP contribution in [0.4, 0.5) is 0 Å². The first-order chi connectivity index (χ1) is 12.4. The van der Waals surface area contributed by atoms with Gasteiger partial charge >= 0.3 is 0 Å². The number of aryl methyl sites for hydroxylation is 2. The Hall–Kier alpha value is -2.09. The highest BCUT2D eigenvalue weighted by Gasteiger charge is 2.25. The van der Waals surface area contributed by atoms with Gasteiger partial charge in [-0.25, -0.2) is 4.99 Å². The van der Waals surface area contributed by atoms with Crippen molar-refractivity contribution >= 4 is 51.0 Å². The van der Waals surface area contributed by atoms with Crippen LogP contribution in [0, 0.1) is 17.8 Å². The first-order valence-corrected chi connectivity index (χ1v) is 9.84. The molecule has 7 heteroatoms. The smallest absolute Gasteiger partial charge is 0.279 e. The lowest BCUT2D eigenvalue weighted by atomic mass is 10.1. The number of rotatable bonds is 2. The summed E-state index contributed by atoms with van der Waals surface area (Å²) in [5.41, 5.74) is 3.42. The number of hydrogen-bond donors (Lipinski definition) is 1. The summed E-state index contributed by atoms with van der Waals surface area (Å²) in [7, 11) is 0. The fraction of sp³-hybridized carbons (Fsp3) is 0.105. The third kappa shape index (κ3) is 2.67. The molecule has 1 amide bonds. The van der Waals surface area contributed by atoms with Gasteiger partial charge < -0.3 is 5.11 Å². The standard InChI is InChI=1S/C19H13BrN2O2S2/c1-9-3-5-12(7-10(9)2)22-18(24)16(26-19(22)25)15-13-8-11(20)4-6-14(13)21-17(15)23/h3-8,24H,1-2H3. The molecule has 26 heavy (non-hydrogen) atoms. The summed E-state index contributed by atoms with van der Waals surface area (Å²) in [6.07, 6.45) is 0. The molecule has 130 valence electrons. The van der Waals surface area contributed by atoms with Crippen LogP contribution in [0.2, 0.25) is 0 Å². The fourth-order valence-corrected chi connectivity index (χ4v) is 4.67. The van der Waals surface area contributed by atoms with Gasteiger partial charge in [0.15, 0.2) is 3.95 Å². The van der Waals surface area contributed by atoms with E-state index in [-0.39, 0.29) is 11.8 Å². The Morgan fingerprint density at radius 3 is 2.65 bits per heavy atom. The Labute approximate surface area is 166 Å². The van der Waals surface area contributed by atoms with Crippen molar-refractivity contribution in [2.24, 2.45) is 4.99 Å². The average Bonchev–Trinajstić information content (AvgIpc) is 3.05. The molecule has 3 aromatic rings. The van der Waals surface area contributed by atoms with Gasteiger partial charge in [0.1, 0.15) is 4.88 Å². The van der Waals surface area contributed by atoms with Crippen molar-refractivity contribution in [1.82, 2.24) is 4.57 Å². The molecule has 0 aliphatic carbocycles. The molecule has 0 spiro atoms. The average molecular weight is 445 g/mol. The van der Waals surface area contributed by atoms with Gasteiger partial charge in [0, 0.05) is 9.69 Å². The zero-order chi connectivity index (χ0) is 18.6. The lowest BCUT2D eigenvalue weighted by Crippen LogP contribution is -2.22. The highest BCUT2D eigenvalue weighted by atomic mass is 79.9. The van der Waals surface area contributed by atoms with E-state index in [0.717, 1.165) is 21.3 Å². The van der Waals surface area contributed by atoms with E-state index < -0.39 is 0 Å². The van der Waals surface area contributed by atoms with E-state index in [9.17, 15) is 9.90 Å². The quantitative estimate of drug-likeness (QED) is 0.612. The number of amides is 1. The van der Waals surface area contributed by atoms with Crippen LogP contribution in [0.1, 0.15) is 16.0 Å². The number of nitrogens with zero attached hydrogens (tertiary/aromatic N) is 2. The number of aromatic nitrogens is 1. The van der Waals surface area contributed by atoms with Gasteiger partial charge in [-0.05, 0) is 67.5 Å². The summed E-state index contributed by atoms with van der Waals surface area (Å²) in [5, 5.41) is 12.2. The van der Waals surface area contributed by atoms with Crippen LogP contribution < -0.4 is 10.6 Å². The maximum absolute atomic E-state index is 12.5. The molecule has 1 N–H and O–H groups in total. The third-order valence-electron chi connectivity index (χ3n) is 4.43. The Balaban J connectivity index is 2.00. The van der Waals surface area contributed by atoms with E-state index in [0.29, 0.717) is 25.0 Å². The molecular weight excluding hydrogens is 432 g/mol. The molecule has 4 nitrogen and oxygen atoms in total.